The lowest BCUT2D eigenvalue weighted by molar-refractivity contribution is -0.114. The van der Waals surface area contributed by atoms with E-state index in [2.05, 4.69) is 20.5 Å². The van der Waals surface area contributed by atoms with Gasteiger partial charge in [0.05, 0.1) is 23.2 Å². The van der Waals surface area contributed by atoms with E-state index in [0.717, 1.165) is 5.69 Å². The average Bonchev–Trinajstić information content (AvgIpc) is 3.26. The molecule has 2 unspecified atom stereocenters. The van der Waals surface area contributed by atoms with Crippen LogP contribution in [0.5, 0.6) is 0 Å². The lowest BCUT2D eigenvalue weighted by Crippen LogP contribution is -2.37. The number of rotatable bonds is 4. The fraction of sp³-hybridized carbons (Fsp3) is 0.353. The zero-order chi connectivity index (χ0) is 19.9. The Kier molecular flexibility index (Phi) is 4.88. The van der Waals surface area contributed by atoms with Gasteiger partial charge in [0.25, 0.3) is 0 Å². The second kappa shape index (κ2) is 7.21. The van der Waals surface area contributed by atoms with E-state index in [1.54, 1.807) is 24.3 Å². The molecule has 0 radical (unpaired) electrons. The highest BCUT2D eigenvalue weighted by molar-refractivity contribution is 8.15. The first-order chi connectivity index (χ1) is 13.3. The number of amidine groups is 1. The molecule has 0 saturated carbocycles. The number of H-pyrrole nitrogens is 1. The van der Waals surface area contributed by atoms with E-state index in [9.17, 15) is 17.6 Å². The fourth-order valence-electron chi connectivity index (χ4n) is 3.21. The molecule has 1 saturated heterocycles. The smallest absolute Gasteiger partial charge is 0.245 e. The van der Waals surface area contributed by atoms with Gasteiger partial charge in [0.15, 0.2) is 20.8 Å². The monoisotopic (exact) mass is 423 g/mol. The van der Waals surface area contributed by atoms with Crippen LogP contribution in [0.3, 0.4) is 0 Å². The number of benzene rings is 1. The number of aryl methyl sites for hydroxylation is 1. The predicted octanol–water partition coefficient (Wildman–Crippen LogP) is 1.57. The molecule has 2 aliphatic rings. The minimum Gasteiger partial charge on any atom is -0.309 e. The highest BCUT2D eigenvalue weighted by atomic mass is 32.2. The molecular weight excluding hydrogens is 405 g/mol. The van der Waals surface area contributed by atoms with Crippen molar-refractivity contribution in [2.75, 3.05) is 28.3 Å². The molecule has 0 aliphatic carbocycles. The minimum absolute atomic E-state index is 0.0159. The topological polar surface area (TPSA) is 108 Å². The molecule has 0 spiro atoms. The van der Waals surface area contributed by atoms with E-state index < -0.39 is 15.7 Å². The number of fused-ring (bicyclic) bond motifs is 1. The molecule has 8 nitrogen and oxygen atoms in total. The maximum atomic E-state index is 14.4. The van der Waals surface area contributed by atoms with Gasteiger partial charge in [-0.3, -0.25) is 14.9 Å². The van der Waals surface area contributed by atoms with Gasteiger partial charge >= 0.3 is 0 Å². The van der Waals surface area contributed by atoms with Gasteiger partial charge < -0.3 is 10.2 Å². The number of hydrogen-bond acceptors (Lipinski definition) is 7. The predicted molar refractivity (Wildman–Crippen MR) is 107 cm³/mol. The van der Waals surface area contributed by atoms with E-state index in [4.69, 9.17) is 0 Å². The Morgan fingerprint density at radius 2 is 2.18 bits per heavy atom. The summed E-state index contributed by atoms with van der Waals surface area (Å²) in [6, 6.07) is 7.43. The zero-order valence-electron chi connectivity index (χ0n) is 14.9. The van der Waals surface area contributed by atoms with Gasteiger partial charge in [0.1, 0.15) is 12.4 Å². The standard InChI is InChI=1S/C17H18FN5O3S2/c1-10-6-15(22-21-10)20-16(24)7-23(13-5-3-2-4-11(13)18)17-19-12-8-28(25,26)9-14(12)27-17/h2-6,12,14H,7-9H2,1H3,(H2,20,21,22,24). The number of aromatic nitrogens is 2. The van der Waals surface area contributed by atoms with Crippen LogP contribution in [0.15, 0.2) is 35.3 Å². The molecule has 4 rings (SSSR count). The van der Waals surface area contributed by atoms with Crippen LogP contribution < -0.4 is 10.2 Å². The number of hydrogen-bond donors (Lipinski definition) is 2. The Labute approximate surface area is 165 Å². The number of carbonyl (C=O) groups is 1. The first-order valence-corrected chi connectivity index (χ1v) is 11.3. The van der Waals surface area contributed by atoms with Gasteiger partial charge in [-0.1, -0.05) is 23.9 Å². The summed E-state index contributed by atoms with van der Waals surface area (Å²) < 4.78 is 38.0. The van der Waals surface area contributed by atoms with Crippen molar-refractivity contribution >= 4 is 44.2 Å². The number of thioether (sulfide) groups is 1. The lowest BCUT2D eigenvalue weighted by Gasteiger charge is -2.24. The van der Waals surface area contributed by atoms with E-state index in [-0.39, 0.29) is 40.9 Å². The van der Waals surface area contributed by atoms with Crippen molar-refractivity contribution in [3.63, 3.8) is 0 Å². The van der Waals surface area contributed by atoms with E-state index in [0.29, 0.717) is 11.0 Å². The Bertz CT molecular complexity index is 1050. The molecule has 11 heteroatoms. The van der Waals surface area contributed by atoms with E-state index in [1.807, 2.05) is 6.92 Å². The maximum absolute atomic E-state index is 14.4. The van der Waals surface area contributed by atoms with Crippen molar-refractivity contribution in [3.05, 3.63) is 41.8 Å². The highest BCUT2D eigenvalue weighted by Gasteiger charge is 2.44. The fourth-order valence-corrected chi connectivity index (χ4v) is 6.98. The van der Waals surface area contributed by atoms with Gasteiger partial charge in [-0.25, -0.2) is 12.8 Å². The number of sulfone groups is 1. The average molecular weight is 423 g/mol. The molecule has 1 fully saturated rings. The highest BCUT2D eigenvalue weighted by Crippen LogP contribution is 2.37. The first kappa shape index (κ1) is 18.9. The van der Waals surface area contributed by atoms with Crippen LogP contribution in [0.2, 0.25) is 0 Å². The summed E-state index contributed by atoms with van der Waals surface area (Å²) in [7, 11) is -3.10. The summed E-state index contributed by atoms with van der Waals surface area (Å²) >= 11 is 1.28. The molecular formula is C17H18FN5O3S2. The number of aromatic amines is 1. The Hall–Kier alpha value is -2.40. The number of para-hydroxylation sites is 1. The second-order valence-corrected chi connectivity index (χ2v) is 10.1. The molecule has 3 heterocycles. The van der Waals surface area contributed by atoms with Crippen LogP contribution in [-0.4, -0.2) is 59.0 Å². The van der Waals surface area contributed by atoms with Crippen molar-refractivity contribution in [2.24, 2.45) is 4.99 Å². The SMILES string of the molecule is Cc1cc(NC(=O)CN(C2=NC3CS(=O)(=O)CC3S2)c2ccccc2F)n[nH]1. The number of aliphatic imine (C=N–C) groups is 1. The number of anilines is 2. The maximum Gasteiger partial charge on any atom is 0.245 e. The number of halogens is 1. The van der Waals surface area contributed by atoms with Crippen molar-refractivity contribution in [1.82, 2.24) is 10.2 Å². The molecule has 2 N–H and O–H groups in total. The summed E-state index contributed by atoms with van der Waals surface area (Å²) in [6.07, 6.45) is 0. The molecule has 1 aromatic carbocycles. The van der Waals surface area contributed by atoms with Crippen LogP contribution in [0.1, 0.15) is 5.69 Å². The molecule has 2 atom stereocenters. The van der Waals surface area contributed by atoms with Crippen LogP contribution in [-0.2, 0) is 14.6 Å². The minimum atomic E-state index is -3.10. The van der Waals surface area contributed by atoms with Gasteiger partial charge in [0, 0.05) is 17.0 Å². The Morgan fingerprint density at radius 3 is 2.86 bits per heavy atom. The summed E-state index contributed by atoms with van der Waals surface area (Å²) in [5, 5.41) is 9.61. The normalized spacial score (nSPS) is 22.6. The molecule has 2 aliphatic heterocycles. The van der Waals surface area contributed by atoms with Gasteiger partial charge in [0.2, 0.25) is 5.91 Å². The Morgan fingerprint density at radius 1 is 1.39 bits per heavy atom. The van der Waals surface area contributed by atoms with Crippen molar-refractivity contribution in [2.45, 2.75) is 18.2 Å². The summed E-state index contributed by atoms with van der Waals surface area (Å²) in [4.78, 5) is 18.5. The van der Waals surface area contributed by atoms with Gasteiger partial charge in [-0.2, -0.15) is 5.10 Å². The number of nitrogens with zero attached hydrogens (tertiary/aromatic N) is 3. The lowest BCUT2D eigenvalue weighted by atomic mass is 10.2. The molecule has 148 valence electrons. The summed E-state index contributed by atoms with van der Waals surface area (Å²) in [5.41, 5.74) is 1.01. The van der Waals surface area contributed by atoms with Crippen LogP contribution in [0.4, 0.5) is 15.9 Å². The van der Waals surface area contributed by atoms with Gasteiger partial charge in [-0.15, -0.1) is 0 Å². The molecule has 0 bridgehead atoms. The molecule has 1 aromatic heterocycles. The van der Waals surface area contributed by atoms with E-state index >= 15 is 0 Å². The van der Waals surface area contributed by atoms with Crippen molar-refractivity contribution < 1.29 is 17.6 Å². The van der Waals surface area contributed by atoms with Crippen LogP contribution in [0.25, 0.3) is 0 Å². The molecule has 2 aromatic rings. The van der Waals surface area contributed by atoms with Crippen molar-refractivity contribution in [1.29, 1.82) is 0 Å². The quantitative estimate of drug-likeness (QED) is 0.773. The largest absolute Gasteiger partial charge is 0.309 e. The number of nitrogens with one attached hydrogen (secondary N) is 2. The third kappa shape index (κ3) is 3.90. The van der Waals surface area contributed by atoms with Crippen molar-refractivity contribution in [3.8, 4) is 0 Å². The number of amides is 1. The van der Waals surface area contributed by atoms with E-state index in [1.165, 1.54) is 22.7 Å². The number of carbonyl (C=O) groups excluding carboxylic acids is 1. The second-order valence-electron chi connectivity index (χ2n) is 6.73. The van der Waals surface area contributed by atoms with Gasteiger partial charge in [-0.05, 0) is 19.1 Å². The third-order valence-corrected chi connectivity index (χ3v) is 7.70. The molecule has 28 heavy (non-hydrogen) atoms. The van der Waals surface area contributed by atoms with Crippen LogP contribution in [0, 0.1) is 12.7 Å². The third-order valence-electron chi connectivity index (χ3n) is 4.45. The summed E-state index contributed by atoms with van der Waals surface area (Å²) in [5.74, 6) is -0.474. The summed E-state index contributed by atoms with van der Waals surface area (Å²) in [6.45, 7) is 1.63. The first-order valence-electron chi connectivity index (χ1n) is 8.59. The van der Waals surface area contributed by atoms with Crippen LogP contribution >= 0.6 is 11.8 Å². The Balaban J connectivity index is 1.58. The molecule has 1 amide bonds. The zero-order valence-corrected chi connectivity index (χ0v) is 16.6.